The molecule has 0 unspecified atom stereocenters. The first-order valence-electron chi connectivity index (χ1n) is 8.84. The van der Waals surface area contributed by atoms with Crippen molar-refractivity contribution in [3.8, 4) is 11.5 Å². The Morgan fingerprint density at radius 3 is 2.34 bits per heavy atom. The molecule has 0 N–H and O–H groups in total. The van der Waals surface area contributed by atoms with Gasteiger partial charge in [0.05, 0.1) is 0 Å². The Kier molecular flexibility index (Phi) is 5.59. The minimum absolute atomic E-state index is 0.0619. The van der Waals surface area contributed by atoms with Crippen LogP contribution in [0.2, 0.25) is 0 Å². The molecule has 0 fully saturated rings. The van der Waals surface area contributed by atoms with Crippen molar-refractivity contribution in [3.63, 3.8) is 0 Å². The fourth-order valence-electron chi connectivity index (χ4n) is 2.66. The van der Waals surface area contributed by atoms with Gasteiger partial charge in [0, 0.05) is 31.0 Å². The Morgan fingerprint density at radius 1 is 0.966 bits per heavy atom. The van der Waals surface area contributed by atoms with Crippen LogP contribution in [0.1, 0.15) is 36.1 Å². The number of hydrogen-bond acceptors (Lipinski definition) is 7. The second kappa shape index (κ2) is 8.10. The van der Waals surface area contributed by atoms with Crippen molar-refractivity contribution >= 4 is 29.9 Å². The molecule has 7 nitrogen and oxygen atoms in total. The van der Waals surface area contributed by atoms with Gasteiger partial charge in [-0.3, -0.25) is 9.59 Å². The largest absolute Gasteiger partial charge is 0.427 e. The summed E-state index contributed by atoms with van der Waals surface area (Å²) in [6.45, 7) is 6.46. The van der Waals surface area contributed by atoms with Gasteiger partial charge >= 0.3 is 17.9 Å². The van der Waals surface area contributed by atoms with Crippen molar-refractivity contribution in [1.29, 1.82) is 0 Å². The first-order chi connectivity index (χ1) is 13.7. The minimum atomic E-state index is -0.615. The standard InChI is InChI=1S/C22H19NO6/c1-12-5-6-17(9-13(12)2)21-23-19(22(26)29-21)10-16-7-8-18(27-14(3)24)11-20(16)28-15(4)25/h5-11H,1-4H3/b19-10-. The predicted octanol–water partition coefficient (Wildman–Crippen LogP) is 3.50. The normalized spacial score (nSPS) is 14.4. The molecule has 2 aromatic rings. The molecule has 0 aromatic heterocycles. The molecule has 0 bridgehead atoms. The van der Waals surface area contributed by atoms with Crippen LogP contribution in [0.25, 0.3) is 6.08 Å². The predicted molar refractivity (Wildman–Crippen MR) is 106 cm³/mol. The number of rotatable bonds is 4. The van der Waals surface area contributed by atoms with Gasteiger partial charge < -0.3 is 14.2 Å². The van der Waals surface area contributed by atoms with E-state index in [4.69, 9.17) is 14.2 Å². The molecular weight excluding hydrogens is 374 g/mol. The lowest BCUT2D eigenvalue weighted by Crippen LogP contribution is -2.06. The molecule has 0 atom stereocenters. The monoisotopic (exact) mass is 393 g/mol. The zero-order valence-electron chi connectivity index (χ0n) is 16.4. The molecular formula is C22H19NO6. The zero-order chi connectivity index (χ0) is 21.1. The summed E-state index contributed by atoms with van der Waals surface area (Å²) in [6.07, 6.45) is 1.45. The molecule has 0 saturated carbocycles. The average molecular weight is 393 g/mol. The van der Waals surface area contributed by atoms with E-state index in [1.807, 2.05) is 32.0 Å². The van der Waals surface area contributed by atoms with Crippen LogP contribution in [0.15, 0.2) is 47.1 Å². The van der Waals surface area contributed by atoms with Crippen LogP contribution in [-0.4, -0.2) is 23.8 Å². The highest BCUT2D eigenvalue weighted by atomic mass is 16.6. The van der Waals surface area contributed by atoms with Gasteiger partial charge in [-0.2, -0.15) is 0 Å². The third kappa shape index (κ3) is 4.76. The lowest BCUT2D eigenvalue weighted by atomic mass is 10.1. The van der Waals surface area contributed by atoms with Crippen molar-refractivity contribution in [2.75, 3.05) is 0 Å². The molecule has 7 heteroatoms. The topological polar surface area (TPSA) is 91.3 Å². The van der Waals surface area contributed by atoms with Crippen LogP contribution >= 0.6 is 0 Å². The molecule has 1 aliphatic heterocycles. The highest BCUT2D eigenvalue weighted by Gasteiger charge is 2.25. The maximum atomic E-state index is 12.3. The summed E-state index contributed by atoms with van der Waals surface area (Å²) in [5.41, 5.74) is 3.33. The summed E-state index contributed by atoms with van der Waals surface area (Å²) in [5.74, 6) is -1.13. The number of esters is 3. The highest BCUT2D eigenvalue weighted by molar-refractivity contribution is 6.13. The number of aliphatic imine (C=N–C) groups is 1. The van der Waals surface area contributed by atoms with E-state index in [-0.39, 0.29) is 23.1 Å². The maximum absolute atomic E-state index is 12.3. The summed E-state index contributed by atoms with van der Waals surface area (Å²) >= 11 is 0. The van der Waals surface area contributed by atoms with Crippen molar-refractivity contribution < 1.29 is 28.6 Å². The van der Waals surface area contributed by atoms with Gasteiger partial charge in [-0.15, -0.1) is 0 Å². The fraction of sp³-hybridized carbons (Fsp3) is 0.182. The summed E-state index contributed by atoms with van der Waals surface area (Å²) in [7, 11) is 0. The molecule has 0 radical (unpaired) electrons. The van der Waals surface area contributed by atoms with E-state index in [1.54, 1.807) is 6.07 Å². The molecule has 0 saturated heterocycles. The van der Waals surface area contributed by atoms with E-state index in [9.17, 15) is 14.4 Å². The Morgan fingerprint density at radius 2 is 1.69 bits per heavy atom. The summed E-state index contributed by atoms with van der Waals surface area (Å²) in [4.78, 5) is 39.1. The van der Waals surface area contributed by atoms with Crippen LogP contribution in [0.4, 0.5) is 0 Å². The molecule has 0 spiro atoms. The van der Waals surface area contributed by atoms with E-state index in [2.05, 4.69) is 4.99 Å². The Hall–Kier alpha value is -3.74. The number of benzene rings is 2. The minimum Gasteiger partial charge on any atom is -0.427 e. The van der Waals surface area contributed by atoms with E-state index >= 15 is 0 Å². The lowest BCUT2D eigenvalue weighted by molar-refractivity contribution is -0.132. The van der Waals surface area contributed by atoms with Gasteiger partial charge in [-0.25, -0.2) is 9.79 Å². The number of carbonyl (C=O) groups is 3. The van der Waals surface area contributed by atoms with Gasteiger partial charge in [0.2, 0.25) is 5.90 Å². The quantitative estimate of drug-likeness (QED) is 0.449. The van der Waals surface area contributed by atoms with Crippen molar-refractivity contribution in [2.24, 2.45) is 4.99 Å². The smallest absolute Gasteiger partial charge is 0.363 e. The van der Waals surface area contributed by atoms with Gasteiger partial charge in [0.1, 0.15) is 11.5 Å². The highest BCUT2D eigenvalue weighted by Crippen LogP contribution is 2.29. The molecule has 1 heterocycles. The SMILES string of the molecule is CC(=O)Oc1ccc(/C=C2\N=C(c3ccc(C)c(C)c3)OC2=O)c(OC(C)=O)c1. The maximum Gasteiger partial charge on any atom is 0.363 e. The van der Waals surface area contributed by atoms with Crippen LogP contribution < -0.4 is 9.47 Å². The number of carbonyl (C=O) groups excluding carboxylic acids is 3. The Bertz CT molecular complexity index is 1080. The van der Waals surface area contributed by atoms with Gasteiger partial charge in [-0.1, -0.05) is 6.07 Å². The van der Waals surface area contributed by atoms with E-state index in [0.29, 0.717) is 11.1 Å². The summed E-state index contributed by atoms with van der Waals surface area (Å²) in [6, 6.07) is 10.1. The summed E-state index contributed by atoms with van der Waals surface area (Å²) < 4.78 is 15.5. The number of hydrogen-bond donors (Lipinski definition) is 0. The van der Waals surface area contributed by atoms with E-state index < -0.39 is 17.9 Å². The molecule has 0 amide bonds. The van der Waals surface area contributed by atoms with Crippen molar-refractivity contribution in [3.05, 3.63) is 64.3 Å². The fourth-order valence-corrected chi connectivity index (χ4v) is 2.66. The summed E-state index contributed by atoms with van der Waals surface area (Å²) in [5, 5.41) is 0. The lowest BCUT2D eigenvalue weighted by Gasteiger charge is -2.08. The van der Waals surface area contributed by atoms with Crippen molar-refractivity contribution in [2.45, 2.75) is 27.7 Å². The van der Waals surface area contributed by atoms with Crippen LogP contribution in [0.3, 0.4) is 0 Å². The molecule has 3 rings (SSSR count). The molecule has 148 valence electrons. The number of aryl methyl sites for hydroxylation is 2. The van der Waals surface area contributed by atoms with Crippen LogP contribution in [0.5, 0.6) is 11.5 Å². The second-order valence-corrected chi connectivity index (χ2v) is 6.52. The first-order valence-corrected chi connectivity index (χ1v) is 8.84. The first kappa shape index (κ1) is 20.0. The Balaban J connectivity index is 1.98. The molecule has 2 aromatic carbocycles. The average Bonchev–Trinajstić information content (AvgIpc) is 2.99. The van der Waals surface area contributed by atoms with Crippen LogP contribution in [-0.2, 0) is 19.1 Å². The van der Waals surface area contributed by atoms with Gasteiger partial charge in [0.25, 0.3) is 0 Å². The molecule has 1 aliphatic rings. The molecule has 0 aliphatic carbocycles. The number of ether oxygens (including phenoxy) is 3. The van der Waals surface area contributed by atoms with Crippen LogP contribution in [0, 0.1) is 13.8 Å². The number of cyclic esters (lactones) is 1. The van der Waals surface area contributed by atoms with E-state index in [1.165, 1.54) is 32.1 Å². The zero-order valence-corrected chi connectivity index (χ0v) is 16.4. The van der Waals surface area contributed by atoms with E-state index in [0.717, 1.165) is 11.1 Å². The van der Waals surface area contributed by atoms with Gasteiger partial charge in [-0.05, 0) is 55.3 Å². The third-order valence-corrected chi connectivity index (χ3v) is 4.17. The second-order valence-electron chi connectivity index (χ2n) is 6.52. The van der Waals surface area contributed by atoms with Gasteiger partial charge in [0.15, 0.2) is 5.70 Å². The molecule has 29 heavy (non-hydrogen) atoms. The Labute approximate surface area is 167 Å². The van der Waals surface area contributed by atoms with Crippen molar-refractivity contribution in [1.82, 2.24) is 0 Å². The number of nitrogens with zero attached hydrogens (tertiary/aromatic N) is 1. The third-order valence-electron chi connectivity index (χ3n) is 4.17.